The lowest BCUT2D eigenvalue weighted by Crippen LogP contribution is -2.10. The second-order valence-electron chi connectivity index (χ2n) is 5.77. The summed E-state index contributed by atoms with van der Waals surface area (Å²) in [5.74, 6) is 0.303. The Morgan fingerprint density at radius 1 is 1.05 bits per heavy atom. The molecule has 2 nitrogen and oxygen atoms in total. The van der Waals surface area contributed by atoms with Crippen LogP contribution in [0.1, 0.15) is 31.9 Å². The second-order valence-corrected chi connectivity index (χ2v) is 6.93. The molecule has 0 atom stereocenters. The Morgan fingerprint density at radius 2 is 1.70 bits per heavy atom. The molecule has 2 aromatic rings. The normalized spacial score (nSPS) is 12.0. The fourth-order valence-electron chi connectivity index (χ4n) is 1.80. The number of phenolic OH excluding ortho intramolecular Hbond substituents is 1. The van der Waals surface area contributed by atoms with Crippen LogP contribution in [0.5, 0.6) is 5.75 Å². The molecule has 0 radical (unpaired) electrons. The lowest BCUT2D eigenvalue weighted by molar-refractivity contribution is 0.471. The van der Waals surface area contributed by atoms with Gasteiger partial charge in [-0.15, -0.1) is 0 Å². The van der Waals surface area contributed by atoms with Gasteiger partial charge >= 0.3 is 0 Å². The monoisotopic (exact) mass is 379 g/mol. The van der Waals surface area contributed by atoms with Crippen LogP contribution in [0.4, 0.5) is 5.69 Å². The van der Waals surface area contributed by atoms with Gasteiger partial charge in [0.05, 0.1) is 9.26 Å². The SMILES string of the molecule is CC(C)(C)c1ccc(N=Cc2ccc(O)c(I)c2)cc1. The molecule has 0 heterocycles. The van der Waals surface area contributed by atoms with Crippen LogP contribution >= 0.6 is 22.6 Å². The number of rotatable bonds is 2. The Morgan fingerprint density at radius 3 is 2.25 bits per heavy atom. The highest BCUT2D eigenvalue weighted by Crippen LogP contribution is 2.24. The quantitative estimate of drug-likeness (QED) is 0.575. The van der Waals surface area contributed by atoms with Gasteiger partial charge in [0.15, 0.2) is 0 Å². The van der Waals surface area contributed by atoms with Gasteiger partial charge in [0, 0.05) is 6.21 Å². The molecule has 0 spiro atoms. The van der Waals surface area contributed by atoms with E-state index in [1.54, 1.807) is 6.07 Å². The van der Waals surface area contributed by atoms with Crippen molar-refractivity contribution in [2.24, 2.45) is 4.99 Å². The first-order chi connectivity index (χ1) is 9.36. The van der Waals surface area contributed by atoms with Crippen molar-refractivity contribution in [3.63, 3.8) is 0 Å². The fraction of sp³-hybridized carbons (Fsp3) is 0.235. The Bertz CT molecular complexity index is 624. The minimum atomic E-state index is 0.162. The first kappa shape index (κ1) is 15.0. The molecule has 0 amide bonds. The Hall–Kier alpha value is -1.36. The van der Waals surface area contributed by atoms with Gasteiger partial charge in [-0.05, 0) is 69.5 Å². The molecule has 1 N–H and O–H groups in total. The van der Waals surface area contributed by atoms with E-state index in [2.05, 4.69) is 60.5 Å². The molecule has 0 bridgehead atoms. The molecule has 0 fully saturated rings. The van der Waals surface area contributed by atoms with Crippen molar-refractivity contribution in [3.8, 4) is 5.75 Å². The van der Waals surface area contributed by atoms with E-state index >= 15 is 0 Å². The van der Waals surface area contributed by atoms with Crippen LogP contribution in [-0.2, 0) is 5.41 Å². The summed E-state index contributed by atoms with van der Waals surface area (Å²) in [4.78, 5) is 4.46. The molecule has 2 rings (SSSR count). The van der Waals surface area contributed by atoms with Crippen LogP contribution in [0.3, 0.4) is 0 Å². The zero-order valence-corrected chi connectivity index (χ0v) is 14.0. The zero-order valence-electron chi connectivity index (χ0n) is 11.9. The zero-order chi connectivity index (χ0) is 14.8. The van der Waals surface area contributed by atoms with Crippen molar-refractivity contribution in [2.45, 2.75) is 26.2 Å². The summed E-state index contributed by atoms with van der Waals surface area (Å²) in [6, 6.07) is 13.7. The summed E-state index contributed by atoms with van der Waals surface area (Å²) in [5.41, 5.74) is 3.37. The van der Waals surface area contributed by atoms with Crippen LogP contribution in [0, 0.1) is 3.57 Å². The molecule has 2 aromatic carbocycles. The van der Waals surface area contributed by atoms with Crippen LogP contribution in [0.15, 0.2) is 47.5 Å². The maximum absolute atomic E-state index is 9.48. The lowest BCUT2D eigenvalue weighted by atomic mass is 9.87. The van der Waals surface area contributed by atoms with Crippen molar-refractivity contribution < 1.29 is 5.11 Å². The summed E-state index contributed by atoms with van der Waals surface area (Å²) in [5, 5.41) is 9.48. The molecule has 104 valence electrons. The number of halogens is 1. The van der Waals surface area contributed by atoms with E-state index in [-0.39, 0.29) is 5.41 Å². The van der Waals surface area contributed by atoms with Crippen molar-refractivity contribution in [1.82, 2.24) is 0 Å². The number of aliphatic imine (C=N–C) groups is 1. The number of phenols is 1. The van der Waals surface area contributed by atoms with Crippen molar-refractivity contribution in [1.29, 1.82) is 0 Å². The Kier molecular flexibility index (Phi) is 4.48. The number of nitrogens with zero attached hydrogens (tertiary/aromatic N) is 1. The number of hydrogen-bond acceptors (Lipinski definition) is 2. The Balaban J connectivity index is 2.17. The number of hydrogen-bond donors (Lipinski definition) is 1. The van der Waals surface area contributed by atoms with Crippen LogP contribution in [0.25, 0.3) is 0 Å². The number of benzene rings is 2. The van der Waals surface area contributed by atoms with E-state index in [0.29, 0.717) is 5.75 Å². The van der Waals surface area contributed by atoms with Gasteiger partial charge in [-0.3, -0.25) is 4.99 Å². The average molecular weight is 379 g/mol. The Labute approximate surface area is 133 Å². The van der Waals surface area contributed by atoms with Gasteiger partial charge in [-0.2, -0.15) is 0 Å². The molecule has 0 aliphatic carbocycles. The van der Waals surface area contributed by atoms with E-state index in [9.17, 15) is 5.11 Å². The molecule has 0 aliphatic heterocycles. The van der Waals surface area contributed by atoms with Crippen molar-refractivity contribution in [2.75, 3.05) is 0 Å². The molecule has 0 aliphatic rings. The molecular weight excluding hydrogens is 361 g/mol. The molecule has 0 unspecified atom stereocenters. The summed E-state index contributed by atoms with van der Waals surface area (Å²) >= 11 is 2.11. The fourth-order valence-corrected chi connectivity index (χ4v) is 2.34. The summed E-state index contributed by atoms with van der Waals surface area (Å²) in [6.45, 7) is 6.59. The van der Waals surface area contributed by atoms with E-state index < -0.39 is 0 Å². The van der Waals surface area contributed by atoms with Crippen LogP contribution < -0.4 is 0 Å². The first-order valence-corrected chi connectivity index (χ1v) is 7.57. The summed E-state index contributed by atoms with van der Waals surface area (Å²) in [7, 11) is 0. The number of aromatic hydroxyl groups is 1. The van der Waals surface area contributed by atoms with Crippen LogP contribution in [0.2, 0.25) is 0 Å². The van der Waals surface area contributed by atoms with Gasteiger partial charge in [-0.1, -0.05) is 32.9 Å². The predicted molar refractivity (Wildman–Crippen MR) is 93.2 cm³/mol. The first-order valence-electron chi connectivity index (χ1n) is 6.49. The molecule has 0 saturated heterocycles. The third kappa shape index (κ3) is 3.82. The van der Waals surface area contributed by atoms with Gasteiger partial charge in [0.1, 0.15) is 5.75 Å². The highest BCUT2D eigenvalue weighted by Gasteiger charge is 2.12. The van der Waals surface area contributed by atoms with Crippen molar-refractivity contribution in [3.05, 3.63) is 57.2 Å². The standard InChI is InChI=1S/C17H18INO/c1-17(2,3)13-5-7-14(8-6-13)19-11-12-4-9-16(20)15(18)10-12/h4-11,20H,1-3H3. The average Bonchev–Trinajstić information content (AvgIpc) is 2.40. The van der Waals surface area contributed by atoms with Crippen LogP contribution in [-0.4, -0.2) is 11.3 Å². The van der Waals surface area contributed by atoms with E-state index in [1.807, 2.05) is 30.5 Å². The molecule has 3 heteroatoms. The van der Waals surface area contributed by atoms with Gasteiger partial charge in [-0.25, -0.2) is 0 Å². The minimum absolute atomic E-state index is 0.162. The van der Waals surface area contributed by atoms with E-state index in [0.717, 1.165) is 14.8 Å². The van der Waals surface area contributed by atoms with Gasteiger partial charge < -0.3 is 5.11 Å². The third-order valence-corrected chi connectivity index (χ3v) is 3.93. The van der Waals surface area contributed by atoms with E-state index in [1.165, 1.54) is 5.56 Å². The molecular formula is C17H18INO. The maximum Gasteiger partial charge on any atom is 0.128 e. The maximum atomic E-state index is 9.48. The largest absolute Gasteiger partial charge is 0.507 e. The highest BCUT2D eigenvalue weighted by molar-refractivity contribution is 14.1. The van der Waals surface area contributed by atoms with Crippen molar-refractivity contribution >= 4 is 34.5 Å². The topological polar surface area (TPSA) is 32.6 Å². The van der Waals surface area contributed by atoms with E-state index in [4.69, 9.17) is 0 Å². The molecule has 0 aromatic heterocycles. The summed E-state index contributed by atoms with van der Waals surface area (Å²) < 4.78 is 0.828. The third-order valence-electron chi connectivity index (χ3n) is 3.07. The smallest absolute Gasteiger partial charge is 0.128 e. The van der Waals surface area contributed by atoms with Gasteiger partial charge in [0.25, 0.3) is 0 Å². The van der Waals surface area contributed by atoms with Gasteiger partial charge in [0.2, 0.25) is 0 Å². The highest BCUT2D eigenvalue weighted by atomic mass is 127. The minimum Gasteiger partial charge on any atom is -0.507 e. The molecule has 0 saturated carbocycles. The molecule has 20 heavy (non-hydrogen) atoms. The lowest BCUT2D eigenvalue weighted by Gasteiger charge is -2.18. The predicted octanol–water partition coefficient (Wildman–Crippen LogP) is 5.04. The second kappa shape index (κ2) is 5.95. The summed E-state index contributed by atoms with van der Waals surface area (Å²) in [6.07, 6.45) is 1.81.